The second kappa shape index (κ2) is 6.63. The fourth-order valence-corrected chi connectivity index (χ4v) is 1.34. The lowest BCUT2D eigenvalue weighted by atomic mass is 10.3. The smallest absolute Gasteiger partial charge is 0.273 e. The highest BCUT2D eigenvalue weighted by molar-refractivity contribution is 5.97. The van der Waals surface area contributed by atoms with Gasteiger partial charge in [-0.15, -0.1) is 0 Å². The maximum atomic E-state index is 11.7. The van der Waals surface area contributed by atoms with Crippen LogP contribution in [0.4, 0.5) is 5.69 Å². The molecule has 1 aromatic rings. The molecule has 7 heteroatoms. The van der Waals surface area contributed by atoms with Crippen LogP contribution >= 0.6 is 0 Å². The van der Waals surface area contributed by atoms with Gasteiger partial charge < -0.3 is 16.4 Å². The number of aryl methyl sites for hydroxylation is 1. The number of rotatable bonds is 6. The fraction of sp³-hybridized carbons (Fsp3) is 0.545. The Morgan fingerprint density at radius 2 is 2.06 bits per heavy atom. The Hall–Kier alpha value is -2.05. The van der Waals surface area contributed by atoms with Gasteiger partial charge in [-0.05, 0) is 13.3 Å². The molecule has 100 valence electrons. The summed E-state index contributed by atoms with van der Waals surface area (Å²) in [6.45, 7) is 4.63. The van der Waals surface area contributed by atoms with E-state index in [9.17, 15) is 9.59 Å². The number of nitrogen functional groups attached to an aromatic ring is 1. The molecule has 1 aromatic heterocycles. The minimum absolute atomic E-state index is 0.0802. The number of H-pyrrole nitrogens is 1. The number of nitrogens with one attached hydrogen (secondary N) is 3. The standard InChI is InChI=1S/C11H19N5O2/c1-3-5-13-8(17)4-6-14-11(18)10-9(12)7(2)15-16-10/h3-6,12H2,1-2H3,(H,13,17)(H,14,18)(H,15,16). The van der Waals surface area contributed by atoms with Crippen molar-refractivity contribution in [3.63, 3.8) is 0 Å². The van der Waals surface area contributed by atoms with Gasteiger partial charge in [0, 0.05) is 19.5 Å². The largest absolute Gasteiger partial charge is 0.395 e. The average molecular weight is 253 g/mol. The fourth-order valence-electron chi connectivity index (χ4n) is 1.34. The van der Waals surface area contributed by atoms with E-state index in [1.165, 1.54) is 0 Å². The van der Waals surface area contributed by atoms with Crippen molar-refractivity contribution in [3.8, 4) is 0 Å². The van der Waals surface area contributed by atoms with Crippen molar-refractivity contribution in [1.29, 1.82) is 0 Å². The Labute approximate surface area is 106 Å². The molecular weight excluding hydrogens is 234 g/mol. The third-order valence-electron chi connectivity index (χ3n) is 2.42. The maximum Gasteiger partial charge on any atom is 0.273 e. The molecule has 1 heterocycles. The quantitative estimate of drug-likeness (QED) is 0.569. The van der Waals surface area contributed by atoms with E-state index >= 15 is 0 Å². The van der Waals surface area contributed by atoms with E-state index < -0.39 is 0 Å². The summed E-state index contributed by atoms with van der Waals surface area (Å²) in [4.78, 5) is 23.0. The van der Waals surface area contributed by atoms with Crippen molar-refractivity contribution >= 4 is 17.5 Å². The van der Waals surface area contributed by atoms with Gasteiger partial charge in [0.25, 0.3) is 5.91 Å². The van der Waals surface area contributed by atoms with E-state index in [4.69, 9.17) is 5.73 Å². The van der Waals surface area contributed by atoms with Crippen LogP contribution in [0, 0.1) is 6.92 Å². The summed E-state index contributed by atoms with van der Waals surface area (Å²) >= 11 is 0. The highest BCUT2D eigenvalue weighted by atomic mass is 16.2. The van der Waals surface area contributed by atoms with Crippen molar-refractivity contribution in [2.45, 2.75) is 26.7 Å². The zero-order valence-electron chi connectivity index (χ0n) is 10.7. The Balaban J connectivity index is 2.34. The second-order valence-electron chi connectivity index (χ2n) is 3.97. The molecule has 0 fully saturated rings. The molecule has 0 spiro atoms. The van der Waals surface area contributed by atoms with Crippen LogP contribution in [0.25, 0.3) is 0 Å². The number of carbonyl (C=O) groups is 2. The topological polar surface area (TPSA) is 113 Å². The van der Waals surface area contributed by atoms with E-state index in [1.807, 2.05) is 6.92 Å². The summed E-state index contributed by atoms with van der Waals surface area (Å²) in [5.41, 5.74) is 6.82. The minimum atomic E-state index is -0.375. The molecular formula is C11H19N5O2. The van der Waals surface area contributed by atoms with Gasteiger partial charge in [-0.3, -0.25) is 14.7 Å². The van der Waals surface area contributed by atoms with Crippen LogP contribution in [0.5, 0.6) is 0 Å². The van der Waals surface area contributed by atoms with Crippen molar-refractivity contribution in [3.05, 3.63) is 11.4 Å². The highest BCUT2D eigenvalue weighted by Crippen LogP contribution is 2.11. The molecule has 1 rings (SSSR count). The van der Waals surface area contributed by atoms with Gasteiger partial charge in [0.05, 0.1) is 11.4 Å². The molecule has 0 bridgehead atoms. The number of hydrogen-bond acceptors (Lipinski definition) is 4. The summed E-state index contributed by atoms with van der Waals surface area (Å²) in [5.74, 6) is -0.455. The molecule has 0 aliphatic heterocycles. The van der Waals surface area contributed by atoms with Gasteiger partial charge in [-0.25, -0.2) is 0 Å². The molecule has 0 saturated heterocycles. The van der Waals surface area contributed by atoms with E-state index in [2.05, 4.69) is 20.8 Å². The number of nitrogens with two attached hydrogens (primary N) is 1. The van der Waals surface area contributed by atoms with Gasteiger partial charge >= 0.3 is 0 Å². The molecule has 0 unspecified atom stereocenters. The third kappa shape index (κ3) is 3.76. The van der Waals surface area contributed by atoms with Crippen LogP contribution in [0.1, 0.15) is 35.9 Å². The van der Waals surface area contributed by atoms with Crippen LogP contribution in [-0.4, -0.2) is 35.1 Å². The predicted molar refractivity (Wildman–Crippen MR) is 68.0 cm³/mol. The first-order chi connectivity index (χ1) is 8.56. The summed E-state index contributed by atoms with van der Waals surface area (Å²) in [6, 6.07) is 0. The molecule has 0 radical (unpaired) electrons. The molecule has 18 heavy (non-hydrogen) atoms. The monoisotopic (exact) mass is 253 g/mol. The molecule has 0 atom stereocenters. The molecule has 7 nitrogen and oxygen atoms in total. The Morgan fingerprint density at radius 3 is 2.61 bits per heavy atom. The summed E-state index contributed by atoms with van der Waals surface area (Å²) in [7, 11) is 0. The minimum Gasteiger partial charge on any atom is -0.395 e. The second-order valence-corrected chi connectivity index (χ2v) is 3.97. The van der Waals surface area contributed by atoms with Crippen molar-refractivity contribution in [2.75, 3.05) is 18.8 Å². The van der Waals surface area contributed by atoms with Gasteiger partial charge in [-0.2, -0.15) is 5.10 Å². The lowest BCUT2D eigenvalue weighted by Crippen LogP contribution is -2.31. The predicted octanol–water partition coefficient (Wildman–Crippen LogP) is -0.0536. The molecule has 0 aliphatic rings. The molecule has 0 aromatic carbocycles. The normalized spacial score (nSPS) is 10.1. The molecule has 0 saturated carbocycles. The third-order valence-corrected chi connectivity index (χ3v) is 2.42. The van der Waals surface area contributed by atoms with Gasteiger partial charge in [0.15, 0.2) is 5.69 Å². The SMILES string of the molecule is CCCNC(=O)CCNC(=O)c1n[nH]c(C)c1N. The first kappa shape index (κ1) is 14.0. The number of anilines is 1. The van der Waals surface area contributed by atoms with Crippen molar-refractivity contribution in [2.24, 2.45) is 0 Å². The number of nitrogens with zero attached hydrogens (tertiary/aromatic N) is 1. The molecule has 2 amide bonds. The average Bonchev–Trinajstić information content (AvgIpc) is 2.67. The lowest BCUT2D eigenvalue weighted by Gasteiger charge is -2.05. The van der Waals surface area contributed by atoms with Crippen molar-refractivity contribution < 1.29 is 9.59 Å². The lowest BCUT2D eigenvalue weighted by molar-refractivity contribution is -0.120. The zero-order valence-corrected chi connectivity index (χ0v) is 10.7. The van der Waals surface area contributed by atoms with E-state index in [0.717, 1.165) is 6.42 Å². The van der Waals surface area contributed by atoms with Crippen LogP contribution in [0.2, 0.25) is 0 Å². The summed E-state index contributed by atoms with van der Waals surface area (Å²) in [6.07, 6.45) is 1.14. The summed E-state index contributed by atoms with van der Waals surface area (Å²) in [5, 5.41) is 11.8. The van der Waals surface area contributed by atoms with Crippen LogP contribution in [-0.2, 0) is 4.79 Å². The first-order valence-electron chi connectivity index (χ1n) is 5.91. The van der Waals surface area contributed by atoms with Crippen LogP contribution < -0.4 is 16.4 Å². The Kier molecular flexibility index (Phi) is 5.16. The summed E-state index contributed by atoms with van der Waals surface area (Å²) < 4.78 is 0. The van der Waals surface area contributed by atoms with Gasteiger partial charge in [-0.1, -0.05) is 6.92 Å². The number of aromatic amines is 1. The number of amides is 2. The molecule has 5 N–H and O–H groups in total. The zero-order chi connectivity index (χ0) is 13.5. The number of aromatic nitrogens is 2. The van der Waals surface area contributed by atoms with Crippen LogP contribution in [0.3, 0.4) is 0 Å². The van der Waals surface area contributed by atoms with Gasteiger partial charge in [0.2, 0.25) is 5.91 Å². The first-order valence-corrected chi connectivity index (χ1v) is 5.91. The maximum absolute atomic E-state index is 11.7. The van der Waals surface area contributed by atoms with Crippen LogP contribution in [0.15, 0.2) is 0 Å². The van der Waals surface area contributed by atoms with Crippen molar-refractivity contribution in [1.82, 2.24) is 20.8 Å². The van der Waals surface area contributed by atoms with E-state index in [1.54, 1.807) is 6.92 Å². The van der Waals surface area contributed by atoms with E-state index in [0.29, 0.717) is 17.9 Å². The van der Waals surface area contributed by atoms with Gasteiger partial charge in [0.1, 0.15) is 0 Å². The highest BCUT2D eigenvalue weighted by Gasteiger charge is 2.14. The molecule has 0 aliphatic carbocycles. The Morgan fingerprint density at radius 1 is 1.33 bits per heavy atom. The van der Waals surface area contributed by atoms with E-state index in [-0.39, 0.29) is 30.5 Å². The Bertz CT molecular complexity index is 427. The number of hydrogen-bond donors (Lipinski definition) is 4. The number of carbonyl (C=O) groups excluding carboxylic acids is 2.